The maximum atomic E-state index is 12.2. The smallest absolute Gasteiger partial charge is 0.224 e. The third-order valence-electron chi connectivity index (χ3n) is 5.71. The summed E-state index contributed by atoms with van der Waals surface area (Å²) in [4.78, 5) is 14.4. The minimum absolute atomic E-state index is 0.0988. The van der Waals surface area contributed by atoms with E-state index in [-0.39, 0.29) is 5.91 Å². The number of aromatic nitrogens is 2. The Labute approximate surface area is 171 Å². The van der Waals surface area contributed by atoms with Gasteiger partial charge in [0.25, 0.3) is 0 Å². The fourth-order valence-corrected chi connectivity index (χ4v) is 4.05. The Balaban J connectivity index is 1.29. The van der Waals surface area contributed by atoms with E-state index in [4.69, 9.17) is 4.74 Å². The second-order valence-electron chi connectivity index (χ2n) is 7.84. The summed E-state index contributed by atoms with van der Waals surface area (Å²) in [5.41, 5.74) is 2.76. The molecule has 1 aromatic carbocycles. The van der Waals surface area contributed by atoms with Gasteiger partial charge in [0.2, 0.25) is 5.91 Å². The van der Waals surface area contributed by atoms with E-state index in [9.17, 15) is 4.79 Å². The zero-order valence-corrected chi connectivity index (χ0v) is 16.8. The van der Waals surface area contributed by atoms with Crippen LogP contribution in [0, 0.1) is 5.92 Å². The zero-order valence-electron chi connectivity index (χ0n) is 16.8. The number of nitrogens with one attached hydrogen (secondary N) is 2. The zero-order chi connectivity index (χ0) is 19.9. The number of benzene rings is 1. The van der Waals surface area contributed by atoms with E-state index in [2.05, 4.69) is 25.7 Å². The molecule has 1 aromatic heterocycles. The summed E-state index contributed by atoms with van der Waals surface area (Å²) in [5, 5.41) is 14.6. The molecule has 7 nitrogen and oxygen atoms in total. The third-order valence-corrected chi connectivity index (χ3v) is 5.71. The first-order valence-electron chi connectivity index (χ1n) is 10.6. The van der Waals surface area contributed by atoms with Gasteiger partial charge in [-0.25, -0.2) is 0 Å². The van der Waals surface area contributed by atoms with Crippen LogP contribution < -0.4 is 15.5 Å². The monoisotopic (exact) mass is 395 g/mol. The summed E-state index contributed by atoms with van der Waals surface area (Å²) >= 11 is 0. The summed E-state index contributed by atoms with van der Waals surface area (Å²) in [5.74, 6) is 1.53. The van der Waals surface area contributed by atoms with Crippen molar-refractivity contribution in [2.75, 3.05) is 41.8 Å². The van der Waals surface area contributed by atoms with Gasteiger partial charge in [-0.1, -0.05) is 25.7 Å². The number of carbonyl (C=O) groups excluding carboxylic acids is 1. The number of amides is 1. The molecule has 154 valence electrons. The Hall–Kier alpha value is -2.67. The molecule has 0 bridgehead atoms. The Morgan fingerprint density at radius 2 is 1.83 bits per heavy atom. The van der Waals surface area contributed by atoms with Crippen molar-refractivity contribution in [3.8, 4) is 0 Å². The van der Waals surface area contributed by atoms with Crippen LogP contribution in [-0.2, 0) is 9.53 Å². The van der Waals surface area contributed by atoms with E-state index in [0.717, 1.165) is 55.7 Å². The lowest BCUT2D eigenvalue weighted by molar-refractivity contribution is -0.116. The average Bonchev–Trinajstić information content (AvgIpc) is 3.28. The van der Waals surface area contributed by atoms with Crippen LogP contribution in [0.1, 0.15) is 38.5 Å². The number of rotatable bonds is 7. The molecular formula is C22H29N5O2. The Bertz CT molecular complexity index is 799. The number of hydrogen-bond acceptors (Lipinski definition) is 6. The van der Waals surface area contributed by atoms with Crippen LogP contribution in [0.2, 0.25) is 0 Å². The first-order chi connectivity index (χ1) is 14.3. The van der Waals surface area contributed by atoms with Crippen LogP contribution in [0.3, 0.4) is 0 Å². The predicted octanol–water partition coefficient (Wildman–Crippen LogP) is 3.97. The lowest BCUT2D eigenvalue weighted by Crippen LogP contribution is -2.36. The molecule has 0 spiro atoms. The lowest BCUT2D eigenvalue weighted by atomic mass is 10.0. The van der Waals surface area contributed by atoms with Crippen LogP contribution in [0.15, 0.2) is 36.5 Å². The molecule has 0 unspecified atom stereocenters. The highest BCUT2D eigenvalue weighted by molar-refractivity contribution is 5.90. The van der Waals surface area contributed by atoms with E-state index >= 15 is 0 Å². The largest absolute Gasteiger partial charge is 0.378 e. The van der Waals surface area contributed by atoms with Gasteiger partial charge >= 0.3 is 0 Å². The van der Waals surface area contributed by atoms with E-state index < -0.39 is 0 Å². The van der Waals surface area contributed by atoms with Gasteiger partial charge in [-0.2, -0.15) is 5.10 Å². The maximum Gasteiger partial charge on any atom is 0.224 e. The number of morpholine rings is 1. The van der Waals surface area contributed by atoms with E-state index in [1.54, 1.807) is 6.20 Å². The van der Waals surface area contributed by atoms with Crippen molar-refractivity contribution in [2.45, 2.75) is 38.5 Å². The first-order valence-corrected chi connectivity index (χ1v) is 10.6. The molecule has 1 saturated carbocycles. The summed E-state index contributed by atoms with van der Waals surface area (Å²) in [6, 6.07) is 9.70. The summed E-state index contributed by atoms with van der Waals surface area (Å²) in [7, 11) is 0. The minimum Gasteiger partial charge on any atom is -0.378 e. The van der Waals surface area contributed by atoms with Crippen molar-refractivity contribution in [1.82, 2.24) is 10.2 Å². The van der Waals surface area contributed by atoms with Crippen LogP contribution in [-0.4, -0.2) is 42.4 Å². The number of nitrogens with zero attached hydrogens (tertiary/aromatic N) is 3. The van der Waals surface area contributed by atoms with Gasteiger partial charge in [0.05, 0.1) is 25.1 Å². The van der Waals surface area contributed by atoms with Crippen molar-refractivity contribution in [3.05, 3.63) is 36.5 Å². The Morgan fingerprint density at radius 3 is 2.59 bits per heavy atom. The molecule has 2 aliphatic rings. The molecule has 0 atom stereocenters. The summed E-state index contributed by atoms with van der Waals surface area (Å²) in [6.45, 7) is 3.19. The molecule has 2 heterocycles. The predicted molar refractivity (Wildman–Crippen MR) is 115 cm³/mol. The molecule has 1 amide bonds. The second kappa shape index (κ2) is 9.69. The normalized spacial score (nSPS) is 17.3. The molecule has 1 aliphatic carbocycles. The topological polar surface area (TPSA) is 79.4 Å². The fourth-order valence-electron chi connectivity index (χ4n) is 4.05. The molecule has 2 aromatic rings. The standard InChI is InChI=1S/C22H29N5O2/c28-22(10-5-17-3-1-2-4-17)25-19-8-6-18(7-9-19)24-21-15-20(16-23-26-21)27-11-13-29-14-12-27/h6-9,15-17H,1-5,10-14H2,(H,24,26)(H,25,28). The van der Waals surface area contributed by atoms with Crippen molar-refractivity contribution < 1.29 is 9.53 Å². The number of carbonyl (C=O) groups is 1. The van der Waals surface area contributed by atoms with Gasteiger partial charge in [0, 0.05) is 37.0 Å². The van der Waals surface area contributed by atoms with E-state index in [1.807, 2.05) is 30.3 Å². The quantitative estimate of drug-likeness (QED) is 0.739. The van der Waals surface area contributed by atoms with E-state index in [0.29, 0.717) is 12.2 Å². The van der Waals surface area contributed by atoms with Gasteiger partial charge in [-0.3, -0.25) is 4.79 Å². The van der Waals surface area contributed by atoms with Gasteiger partial charge < -0.3 is 20.3 Å². The molecule has 1 aliphatic heterocycles. The highest BCUT2D eigenvalue weighted by atomic mass is 16.5. The SMILES string of the molecule is O=C(CCC1CCCC1)Nc1ccc(Nc2cc(N3CCOCC3)cnn2)cc1. The average molecular weight is 396 g/mol. The van der Waals surface area contributed by atoms with Gasteiger partial charge in [-0.15, -0.1) is 5.10 Å². The molecular weight excluding hydrogens is 366 g/mol. The molecule has 7 heteroatoms. The highest BCUT2D eigenvalue weighted by Gasteiger charge is 2.16. The third kappa shape index (κ3) is 5.67. The highest BCUT2D eigenvalue weighted by Crippen LogP contribution is 2.28. The first kappa shape index (κ1) is 19.6. The number of hydrogen-bond donors (Lipinski definition) is 2. The van der Waals surface area contributed by atoms with Crippen LogP contribution >= 0.6 is 0 Å². The van der Waals surface area contributed by atoms with Crippen molar-refractivity contribution >= 4 is 28.8 Å². The van der Waals surface area contributed by atoms with Gasteiger partial charge in [0.1, 0.15) is 0 Å². The number of anilines is 4. The Morgan fingerprint density at radius 1 is 1.10 bits per heavy atom. The van der Waals surface area contributed by atoms with Crippen LogP contribution in [0.4, 0.5) is 22.9 Å². The summed E-state index contributed by atoms with van der Waals surface area (Å²) in [6.07, 6.45) is 8.59. The second-order valence-corrected chi connectivity index (χ2v) is 7.84. The Kier molecular flexibility index (Phi) is 6.56. The number of ether oxygens (including phenoxy) is 1. The van der Waals surface area contributed by atoms with Crippen molar-refractivity contribution in [3.63, 3.8) is 0 Å². The van der Waals surface area contributed by atoms with Crippen molar-refractivity contribution in [1.29, 1.82) is 0 Å². The van der Waals surface area contributed by atoms with E-state index in [1.165, 1.54) is 25.7 Å². The molecule has 4 rings (SSSR count). The summed E-state index contributed by atoms with van der Waals surface area (Å²) < 4.78 is 5.40. The van der Waals surface area contributed by atoms with Crippen molar-refractivity contribution in [2.24, 2.45) is 5.92 Å². The minimum atomic E-state index is 0.0988. The molecule has 0 radical (unpaired) electrons. The van der Waals surface area contributed by atoms with Gasteiger partial charge in [0.15, 0.2) is 5.82 Å². The maximum absolute atomic E-state index is 12.2. The molecule has 2 fully saturated rings. The van der Waals surface area contributed by atoms with Crippen LogP contribution in [0.5, 0.6) is 0 Å². The lowest BCUT2D eigenvalue weighted by Gasteiger charge is -2.28. The molecule has 1 saturated heterocycles. The van der Waals surface area contributed by atoms with Crippen LogP contribution in [0.25, 0.3) is 0 Å². The molecule has 2 N–H and O–H groups in total. The van der Waals surface area contributed by atoms with Gasteiger partial charge in [-0.05, 0) is 36.6 Å². The fraction of sp³-hybridized carbons (Fsp3) is 0.500. The molecule has 29 heavy (non-hydrogen) atoms.